The van der Waals surface area contributed by atoms with Crippen LogP contribution in [0.5, 0.6) is 17.2 Å². The number of nitrogens with one attached hydrogen (secondary N) is 3. The fourth-order valence-corrected chi connectivity index (χ4v) is 7.85. The summed E-state index contributed by atoms with van der Waals surface area (Å²) >= 11 is -0.515. The van der Waals surface area contributed by atoms with Crippen molar-refractivity contribution in [3.63, 3.8) is 0 Å². The molecule has 0 aliphatic carbocycles. The number of hydrogen-bond acceptors (Lipinski definition) is 10. The molecule has 0 aliphatic rings. The summed E-state index contributed by atoms with van der Waals surface area (Å²) in [6, 6.07) is 7.52. The molecular weight excluding hydrogens is 639 g/mol. The molecular formula is C26H32N4O10SSe. The van der Waals surface area contributed by atoms with Crippen LogP contribution in [-0.4, -0.2) is 99.4 Å². The number of carbonyl (C=O) groups excluding carboxylic acids is 3. The van der Waals surface area contributed by atoms with Crippen molar-refractivity contribution in [1.82, 2.24) is 10.6 Å². The Bertz CT molecular complexity index is 1300. The van der Waals surface area contributed by atoms with Crippen LogP contribution in [0.3, 0.4) is 0 Å². The van der Waals surface area contributed by atoms with Crippen LogP contribution in [0.1, 0.15) is 23.2 Å². The first-order chi connectivity index (χ1) is 20.0. The van der Waals surface area contributed by atoms with E-state index in [2.05, 4.69) is 16.0 Å². The summed E-state index contributed by atoms with van der Waals surface area (Å²) in [5, 5.41) is 25.4. The minimum atomic E-state index is -1.27. The summed E-state index contributed by atoms with van der Waals surface area (Å²) in [6.07, 6.45) is -0.402. The van der Waals surface area contributed by atoms with Gasteiger partial charge in [0.15, 0.2) is 0 Å². The summed E-state index contributed by atoms with van der Waals surface area (Å²) in [5.74, 6) is -2.91. The van der Waals surface area contributed by atoms with E-state index in [0.29, 0.717) is 33.0 Å². The number of hydrogen-bond donors (Lipinski definition) is 6. The Kier molecular flexibility index (Phi) is 13.9. The number of aliphatic carboxylic acids is 2. The van der Waals surface area contributed by atoms with Gasteiger partial charge in [-0.05, 0) is 0 Å². The van der Waals surface area contributed by atoms with Crippen molar-refractivity contribution in [3.8, 4) is 17.2 Å². The second kappa shape index (κ2) is 17.1. The molecule has 0 saturated carbocycles. The maximum absolute atomic E-state index is 13.3. The molecule has 2 aromatic rings. The maximum atomic E-state index is 13.3. The molecule has 0 spiro atoms. The summed E-state index contributed by atoms with van der Waals surface area (Å²) in [7, 11) is 5.69. The van der Waals surface area contributed by atoms with E-state index in [1.807, 2.05) is 0 Å². The number of amides is 3. The molecule has 0 saturated heterocycles. The molecule has 42 heavy (non-hydrogen) atoms. The summed E-state index contributed by atoms with van der Waals surface area (Å²) in [4.78, 5) is 60.2. The Morgan fingerprint density at radius 2 is 1.67 bits per heavy atom. The first-order valence-electron chi connectivity index (χ1n) is 12.3. The SMILES string of the molecule is COc1ccc(NC(=O)c2cccc(OC)c2[Se]SCC(NC(=O)CCC(N)C(=O)O)C(=O)NCC(=O)O)cc1OC. The van der Waals surface area contributed by atoms with Gasteiger partial charge >= 0.3 is 252 Å². The van der Waals surface area contributed by atoms with Crippen LogP contribution in [0.4, 0.5) is 5.69 Å². The standard InChI is InChI=1S/C26H32N4O10SSe/c1-38-18-9-7-14(11-20(18)40-3)29-24(34)15-5-4-6-19(39-2)23(15)42-41-13-17(25(35)28-12-22(32)33)30-21(31)10-8-16(27)26(36)37/h4-7,9,11,16-17H,8,10,12-13,27H2,1-3H3,(H,28,35)(H,29,34)(H,30,31)(H,32,33)(H,36,37). The molecule has 228 valence electrons. The predicted octanol–water partition coefficient (Wildman–Crippen LogP) is -0.180. The van der Waals surface area contributed by atoms with Gasteiger partial charge in [0.25, 0.3) is 0 Å². The number of benzene rings is 2. The summed E-state index contributed by atoms with van der Waals surface area (Å²) in [6.45, 7) is -0.655. The van der Waals surface area contributed by atoms with E-state index in [1.54, 1.807) is 36.4 Å². The van der Waals surface area contributed by atoms with E-state index in [0.717, 1.165) is 0 Å². The van der Waals surface area contributed by atoms with Gasteiger partial charge in [0.2, 0.25) is 0 Å². The number of ether oxygens (including phenoxy) is 3. The van der Waals surface area contributed by atoms with E-state index in [1.165, 1.54) is 31.5 Å². The second-order valence-electron chi connectivity index (χ2n) is 8.44. The summed E-state index contributed by atoms with van der Waals surface area (Å²) < 4.78 is 16.6. The Morgan fingerprint density at radius 3 is 2.29 bits per heavy atom. The third kappa shape index (κ3) is 10.4. The molecule has 2 rings (SSSR count). The number of carboxylic acid groups (broad SMARTS) is 2. The molecule has 0 fully saturated rings. The number of carbonyl (C=O) groups is 5. The third-order valence-corrected chi connectivity index (χ3v) is 9.81. The van der Waals surface area contributed by atoms with Crippen molar-refractivity contribution in [3.05, 3.63) is 42.0 Å². The van der Waals surface area contributed by atoms with Crippen LogP contribution >= 0.6 is 10.2 Å². The van der Waals surface area contributed by atoms with E-state index in [9.17, 15) is 24.0 Å². The van der Waals surface area contributed by atoms with Gasteiger partial charge in [-0.2, -0.15) is 0 Å². The molecule has 7 N–H and O–H groups in total. The van der Waals surface area contributed by atoms with E-state index in [-0.39, 0.29) is 18.6 Å². The zero-order valence-electron chi connectivity index (χ0n) is 23.0. The fraction of sp³-hybridized carbons (Fsp3) is 0.346. The normalized spacial score (nSPS) is 11.9. The van der Waals surface area contributed by atoms with Gasteiger partial charge < -0.3 is 0 Å². The molecule has 16 heteroatoms. The Hall–Kier alpha value is -3.98. The number of nitrogens with two attached hydrogens (primary N) is 1. The number of carboxylic acids is 2. The average Bonchev–Trinajstić information content (AvgIpc) is 2.97. The van der Waals surface area contributed by atoms with Crippen LogP contribution in [0.25, 0.3) is 0 Å². The molecule has 2 unspecified atom stereocenters. The van der Waals surface area contributed by atoms with Gasteiger partial charge in [-0.25, -0.2) is 0 Å². The quantitative estimate of drug-likeness (QED) is 0.121. The zero-order valence-corrected chi connectivity index (χ0v) is 25.5. The number of anilines is 1. The van der Waals surface area contributed by atoms with E-state index in [4.69, 9.17) is 30.2 Å². The zero-order chi connectivity index (χ0) is 31.2. The van der Waals surface area contributed by atoms with Crippen molar-refractivity contribution >= 4 is 63.8 Å². The molecule has 0 radical (unpaired) electrons. The molecule has 14 nitrogen and oxygen atoms in total. The van der Waals surface area contributed by atoms with Crippen LogP contribution in [0.15, 0.2) is 36.4 Å². The van der Waals surface area contributed by atoms with Crippen LogP contribution < -0.4 is 40.4 Å². The topological polar surface area (TPSA) is 216 Å². The first kappa shape index (κ1) is 34.2. The average molecular weight is 672 g/mol. The van der Waals surface area contributed by atoms with Gasteiger partial charge in [-0.1, -0.05) is 0 Å². The van der Waals surface area contributed by atoms with Crippen molar-refractivity contribution in [2.75, 3.05) is 38.9 Å². The summed E-state index contributed by atoms with van der Waals surface area (Å²) in [5.41, 5.74) is 6.23. The first-order valence-corrected chi connectivity index (χ1v) is 16.1. The van der Waals surface area contributed by atoms with Crippen LogP contribution in [0, 0.1) is 0 Å². The molecule has 0 heterocycles. The molecule has 0 aliphatic heterocycles. The molecule has 2 aromatic carbocycles. The molecule has 0 bridgehead atoms. The number of methoxy groups -OCH3 is 3. The van der Waals surface area contributed by atoms with Crippen LogP contribution in [-0.2, 0) is 19.2 Å². The van der Waals surface area contributed by atoms with Gasteiger partial charge in [-0.15, -0.1) is 0 Å². The Balaban J connectivity index is 2.18. The molecule has 3 amide bonds. The van der Waals surface area contributed by atoms with Gasteiger partial charge in [0, 0.05) is 0 Å². The van der Waals surface area contributed by atoms with Crippen molar-refractivity contribution in [1.29, 1.82) is 0 Å². The van der Waals surface area contributed by atoms with Crippen LogP contribution in [0.2, 0.25) is 0 Å². The Morgan fingerprint density at radius 1 is 0.976 bits per heavy atom. The minimum absolute atomic E-state index is 0.0248. The van der Waals surface area contributed by atoms with Gasteiger partial charge in [0.05, 0.1) is 0 Å². The monoisotopic (exact) mass is 672 g/mol. The number of rotatable bonds is 17. The van der Waals surface area contributed by atoms with Gasteiger partial charge in [-0.3, -0.25) is 0 Å². The molecule has 2 atom stereocenters. The van der Waals surface area contributed by atoms with E-state index >= 15 is 0 Å². The third-order valence-electron chi connectivity index (χ3n) is 5.53. The molecule has 0 aromatic heterocycles. The van der Waals surface area contributed by atoms with Crippen molar-refractivity contribution in [2.45, 2.75) is 24.9 Å². The fourth-order valence-electron chi connectivity index (χ4n) is 3.36. The van der Waals surface area contributed by atoms with E-state index < -0.39 is 62.1 Å². The Labute approximate surface area is 251 Å². The van der Waals surface area contributed by atoms with Crippen molar-refractivity contribution in [2.24, 2.45) is 5.73 Å². The van der Waals surface area contributed by atoms with Crippen molar-refractivity contribution < 1.29 is 48.4 Å². The second-order valence-corrected chi connectivity index (χ2v) is 12.6. The predicted molar refractivity (Wildman–Crippen MR) is 156 cm³/mol. The van der Waals surface area contributed by atoms with Gasteiger partial charge in [0.1, 0.15) is 0 Å².